The van der Waals surface area contributed by atoms with Crippen molar-refractivity contribution in [2.45, 2.75) is 31.3 Å². The van der Waals surface area contributed by atoms with Gasteiger partial charge in [-0.15, -0.1) is 0 Å². The average Bonchev–Trinajstić information content (AvgIpc) is 3.60. The Bertz CT molecular complexity index is 860. The van der Waals surface area contributed by atoms with Crippen LogP contribution in [0.2, 0.25) is 0 Å². The Morgan fingerprint density at radius 1 is 1.00 bits per heavy atom. The topological polar surface area (TPSA) is 81.7 Å². The normalized spacial score (nSPS) is 19.1. The smallest absolute Gasteiger partial charge is 0.243 e. The molecule has 1 aliphatic heterocycles. The number of rotatable bonds is 21. The fraction of sp³-hybridized carbons (Fsp3) is 0.690. The quantitative estimate of drug-likeness (QED) is 0.184. The number of amides is 1. The Morgan fingerprint density at radius 2 is 1.62 bits per heavy atom. The number of likely N-dealkylation sites (N-methyl/N-ethyl adjacent to an activating group) is 1. The highest BCUT2D eigenvalue weighted by atomic mass is 19.1. The van der Waals surface area contributed by atoms with Gasteiger partial charge < -0.3 is 29.0 Å². The number of hydrogen-bond acceptors (Lipinski definition) is 8. The molecule has 0 saturated carbocycles. The van der Waals surface area contributed by atoms with Crippen LogP contribution in [0.5, 0.6) is 0 Å². The molecule has 10 heteroatoms. The maximum atomic E-state index is 14.4. The lowest BCUT2D eigenvalue weighted by Gasteiger charge is -2.28. The van der Waals surface area contributed by atoms with Gasteiger partial charge in [0.25, 0.3) is 0 Å². The lowest BCUT2D eigenvalue weighted by molar-refractivity contribution is -0.116. The summed E-state index contributed by atoms with van der Waals surface area (Å²) < 4.78 is 42.0. The average molecular weight is 552 g/mol. The van der Waals surface area contributed by atoms with Crippen molar-refractivity contribution in [3.63, 3.8) is 0 Å². The van der Waals surface area contributed by atoms with Gasteiger partial charge in [-0.2, -0.15) is 0 Å². The molecule has 39 heavy (non-hydrogen) atoms. The molecule has 2 atom stereocenters. The van der Waals surface area contributed by atoms with Crippen LogP contribution in [0.15, 0.2) is 30.9 Å². The summed E-state index contributed by atoms with van der Waals surface area (Å²) in [6.45, 7) is 11.9. The van der Waals surface area contributed by atoms with Gasteiger partial charge in [0.05, 0.1) is 66.1 Å². The number of hydrogen-bond donors (Lipinski definition) is 1. The molecule has 0 bridgehead atoms. The lowest BCUT2D eigenvalue weighted by Crippen LogP contribution is -2.37. The van der Waals surface area contributed by atoms with Gasteiger partial charge in [0, 0.05) is 43.8 Å². The maximum absolute atomic E-state index is 14.4. The number of aryl methyl sites for hydroxylation is 1. The van der Waals surface area contributed by atoms with Crippen LogP contribution in [0.1, 0.15) is 30.0 Å². The summed E-state index contributed by atoms with van der Waals surface area (Å²) in [5.74, 6) is -0.254. The molecule has 1 aromatic carbocycles. The Labute approximate surface area is 232 Å². The Kier molecular flexibility index (Phi) is 14.9. The monoisotopic (exact) mass is 551 g/mol. The van der Waals surface area contributed by atoms with E-state index in [1.165, 1.54) is 11.6 Å². The van der Waals surface area contributed by atoms with Crippen molar-refractivity contribution < 1.29 is 32.9 Å². The number of likely N-dealkylation sites (tertiary alicyclic amines) is 1. The lowest BCUT2D eigenvalue weighted by atomic mass is 10.1. The second-order valence-electron chi connectivity index (χ2n) is 9.84. The predicted molar refractivity (Wildman–Crippen MR) is 147 cm³/mol. The number of carbonyl (C=O) groups excluding carboxylic acids is 1. The molecular formula is C29H46FN3O6. The van der Waals surface area contributed by atoms with E-state index in [4.69, 9.17) is 23.7 Å². The summed E-state index contributed by atoms with van der Waals surface area (Å²) in [7, 11) is 2.15. The van der Waals surface area contributed by atoms with Gasteiger partial charge in [-0.1, -0.05) is 18.7 Å². The highest BCUT2D eigenvalue weighted by Gasteiger charge is 2.35. The third-order valence-corrected chi connectivity index (χ3v) is 7.23. The van der Waals surface area contributed by atoms with Crippen molar-refractivity contribution in [3.05, 3.63) is 47.8 Å². The van der Waals surface area contributed by atoms with Crippen LogP contribution in [-0.4, -0.2) is 121 Å². The summed E-state index contributed by atoms with van der Waals surface area (Å²) in [4.78, 5) is 15.8. The standard InChI is InChI=1S/C29H46FN3O6/c1-3-28(34)31-10-13-35-15-17-37-19-21-39-22-20-38-18-16-36-14-12-32(2)25-9-11-33(23-25)27-8-7-24-5-4-6-26(30)29(24)27/h3-6,25,27H,1,7-23H2,2H3,(H,31,34)/t25-,27?/m1/s1. The number of fused-ring (bicyclic) bond motifs is 1. The summed E-state index contributed by atoms with van der Waals surface area (Å²) in [5.41, 5.74) is 2.10. The SMILES string of the molecule is C=CC(=O)NCCOCCOCCOCCOCCOCCN(C)[C@@H]1CCN(C2CCc3cccc(F)c32)C1. The van der Waals surface area contributed by atoms with Crippen LogP contribution in [-0.2, 0) is 34.9 Å². The second-order valence-corrected chi connectivity index (χ2v) is 9.84. The van der Waals surface area contributed by atoms with Crippen molar-refractivity contribution in [2.24, 2.45) is 0 Å². The summed E-state index contributed by atoms with van der Waals surface area (Å²) in [6, 6.07) is 6.19. The van der Waals surface area contributed by atoms with Crippen molar-refractivity contribution in [1.29, 1.82) is 0 Å². The van der Waals surface area contributed by atoms with Gasteiger partial charge in [0.1, 0.15) is 5.82 Å². The summed E-state index contributed by atoms with van der Waals surface area (Å²) in [6.07, 6.45) is 4.33. The molecule has 1 unspecified atom stereocenters. The Morgan fingerprint density at radius 3 is 2.26 bits per heavy atom. The Balaban J connectivity index is 1.08. The van der Waals surface area contributed by atoms with Crippen LogP contribution in [0.25, 0.3) is 0 Å². The number of carbonyl (C=O) groups is 1. The number of nitrogens with one attached hydrogen (secondary N) is 1. The molecule has 1 amide bonds. The largest absolute Gasteiger partial charge is 0.378 e. The number of benzene rings is 1. The first-order chi connectivity index (χ1) is 19.1. The van der Waals surface area contributed by atoms with Gasteiger partial charge in [-0.3, -0.25) is 14.6 Å². The first-order valence-corrected chi connectivity index (χ1v) is 14.1. The fourth-order valence-electron chi connectivity index (χ4n) is 5.08. The van der Waals surface area contributed by atoms with E-state index in [2.05, 4.69) is 34.8 Å². The highest BCUT2D eigenvalue weighted by molar-refractivity contribution is 5.86. The third-order valence-electron chi connectivity index (χ3n) is 7.23. The molecule has 1 aliphatic carbocycles. The second kappa shape index (κ2) is 18.4. The van der Waals surface area contributed by atoms with Gasteiger partial charge in [0.15, 0.2) is 0 Å². The maximum Gasteiger partial charge on any atom is 0.243 e. The van der Waals surface area contributed by atoms with E-state index in [1.54, 1.807) is 6.07 Å². The highest BCUT2D eigenvalue weighted by Crippen LogP contribution is 2.39. The predicted octanol–water partition coefficient (Wildman–Crippen LogP) is 2.20. The first kappa shape index (κ1) is 31.6. The van der Waals surface area contributed by atoms with Gasteiger partial charge in [-0.25, -0.2) is 4.39 Å². The van der Waals surface area contributed by atoms with E-state index in [9.17, 15) is 9.18 Å². The minimum atomic E-state index is -0.204. The molecule has 0 radical (unpaired) electrons. The molecule has 2 aliphatic rings. The van der Waals surface area contributed by atoms with Crippen LogP contribution in [0.4, 0.5) is 4.39 Å². The molecule has 1 fully saturated rings. The molecule has 220 valence electrons. The van der Waals surface area contributed by atoms with Gasteiger partial charge in [-0.05, 0) is 44.0 Å². The Hall–Kier alpha value is -1.92. The van der Waals surface area contributed by atoms with E-state index in [-0.39, 0.29) is 17.8 Å². The minimum absolute atomic E-state index is 0.0504. The molecule has 0 spiro atoms. The van der Waals surface area contributed by atoms with Crippen molar-refractivity contribution >= 4 is 5.91 Å². The zero-order chi connectivity index (χ0) is 27.7. The number of halogens is 1. The molecule has 1 saturated heterocycles. The molecule has 0 aromatic heterocycles. The van der Waals surface area contributed by atoms with E-state index in [0.29, 0.717) is 78.7 Å². The molecule has 1 N–H and O–H groups in total. The molecule has 3 rings (SSSR count). The third kappa shape index (κ3) is 11.2. The van der Waals surface area contributed by atoms with Crippen LogP contribution < -0.4 is 5.32 Å². The van der Waals surface area contributed by atoms with Crippen molar-refractivity contribution in [1.82, 2.24) is 15.1 Å². The molecule has 1 heterocycles. The van der Waals surface area contributed by atoms with Crippen molar-refractivity contribution in [2.75, 3.05) is 99.3 Å². The van der Waals surface area contributed by atoms with Gasteiger partial charge >= 0.3 is 0 Å². The first-order valence-electron chi connectivity index (χ1n) is 14.1. The van der Waals surface area contributed by atoms with Gasteiger partial charge in [0.2, 0.25) is 5.91 Å². The minimum Gasteiger partial charge on any atom is -0.378 e. The summed E-state index contributed by atoms with van der Waals surface area (Å²) >= 11 is 0. The number of nitrogens with zero attached hydrogens (tertiary/aromatic N) is 2. The number of ether oxygens (including phenoxy) is 5. The van der Waals surface area contributed by atoms with E-state index < -0.39 is 0 Å². The van der Waals surface area contributed by atoms with E-state index >= 15 is 0 Å². The zero-order valence-electron chi connectivity index (χ0n) is 23.4. The zero-order valence-corrected chi connectivity index (χ0v) is 23.4. The van der Waals surface area contributed by atoms with Crippen LogP contribution in [0, 0.1) is 5.82 Å². The van der Waals surface area contributed by atoms with Crippen molar-refractivity contribution in [3.8, 4) is 0 Å². The van der Waals surface area contributed by atoms with Crippen LogP contribution in [0.3, 0.4) is 0 Å². The molecular weight excluding hydrogens is 505 g/mol. The van der Waals surface area contributed by atoms with E-state index in [0.717, 1.165) is 44.5 Å². The van der Waals surface area contributed by atoms with E-state index in [1.807, 2.05) is 6.07 Å². The molecule has 1 aromatic rings. The van der Waals surface area contributed by atoms with Crippen LogP contribution >= 0.6 is 0 Å². The molecule has 9 nitrogen and oxygen atoms in total. The fourth-order valence-corrected chi connectivity index (χ4v) is 5.08. The summed E-state index contributed by atoms with van der Waals surface area (Å²) in [5, 5.41) is 2.63.